The van der Waals surface area contributed by atoms with Gasteiger partial charge >= 0.3 is 0 Å². The predicted octanol–water partition coefficient (Wildman–Crippen LogP) is 1.15. The summed E-state index contributed by atoms with van der Waals surface area (Å²) in [5.74, 6) is -0.0686. The number of benzene rings is 1. The van der Waals surface area contributed by atoms with E-state index in [2.05, 4.69) is 16.7 Å². The van der Waals surface area contributed by atoms with E-state index in [0.29, 0.717) is 6.42 Å². The second kappa shape index (κ2) is 5.72. The smallest absolute Gasteiger partial charge is 0.241 e. The van der Waals surface area contributed by atoms with Crippen LogP contribution in [0.5, 0.6) is 0 Å². The predicted molar refractivity (Wildman–Crippen MR) is 74.8 cm³/mol. The van der Waals surface area contributed by atoms with Gasteiger partial charge in [0.05, 0.1) is 5.60 Å². The van der Waals surface area contributed by atoms with Gasteiger partial charge in [-0.15, -0.1) is 0 Å². The van der Waals surface area contributed by atoms with Gasteiger partial charge in [-0.05, 0) is 30.9 Å². The molecule has 4 nitrogen and oxygen atoms in total. The van der Waals surface area contributed by atoms with Crippen LogP contribution in [-0.2, 0) is 11.2 Å². The summed E-state index contributed by atoms with van der Waals surface area (Å²) in [5.41, 5.74) is 1.43. The number of carbonyl (C=O) groups excluding carboxylic acids is 1. The lowest BCUT2D eigenvalue weighted by molar-refractivity contribution is -0.124. The first kappa shape index (κ1) is 14.0. The van der Waals surface area contributed by atoms with E-state index < -0.39 is 5.60 Å². The minimum Gasteiger partial charge on any atom is -0.388 e. The van der Waals surface area contributed by atoms with Gasteiger partial charge in [-0.25, -0.2) is 0 Å². The fraction of sp³-hybridized carbons (Fsp3) is 0.533. The Morgan fingerprint density at radius 3 is 3.00 bits per heavy atom. The molecule has 0 aromatic heterocycles. The van der Waals surface area contributed by atoms with Crippen molar-refractivity contribution in [2.75, 3.05) is 13.1 Å². The summed E-state index contributed by atoms with van der Waals surface area (Å²) in [7, 11) is 0. The highest BCUT2D eigenvalue weighted by Crippen LogP contribution is 2.22. The standard InChI is InChI=1S/C15H22N2O2/c1-3-15(2,19)10-17-14(18)13-12-7-5-4-6-11(12)8-9-16-13/h4-7,13,16,19H,3,8-10H2,1-2H3,(H,17,18). The van der Waals surface area contributed by atoms with Gasteiger partial charge < -0.3 is 15.7 Å². The van der Waals surface area contributed by atoms with Gasteiger partial charge in [0.1, 0.15) is 6.04 Å². The number of nitrogens with one attached hydrogen (secondary N) is 2. The molecule has 3 N–H and O–H groups in total. The third kappa shape index (κ3) is 3.33. The number of carbonyl (C=O) groups is 1. The summed E-state index contributed by atoms with van der Waals surface area (Å²) in [6, 6.07) is 7.70. The second-order valence-electron chi connectivity index (χ2n) is 5.40. The van der Waals surface area contributed by atoms with Crippen LogP contribution in [0.1, 0.15) is 37.4 Å². The van der Waals surface area contributed by atoms with Gasteiger partial charge in [0, 0.05) is 13.1 Å². The van der Waals surface area contributed by atoms with Gasteiger partial charge in [-0.2, -0.15) is 0 Å². The lowest BCUT2D eigenvalue weighted by Gasteiger charge is -2.28. The fourth-order valence-corrected chi connectivity index (χ4v) is 2.24. The van der Waals surface area contributed by atoms with Crippen molar-refractivity contribution in [1.29, 1.82) is 0 Å². The number of aliphatic hydroxyl groups is 1. The van der Waals surface area contributed by atoms with Crippen LogP contribution in [0.2, 0.25) is 0 Å². The highest BCUT2D eigenvalue weighted by atomic mass is 16.3. The molecule has 0 spiro atoms. The van der Waals surface area contributed by atoms with Crippen molar-refractivity contribution < 1.29 is 9.90 Å². The maximum absolute atomic E-state index is 12.2. The number of rotatable bonds is 4. The minimum absolute atomic E-state index is 0.0686. The third-order valence-electron chi connectivity index (χ3n) is 3.78. The Balaban J connectivity index is 2.05. The third-order valence-corrected chi connectivity index (χ3v) is 3.78. The minimum atomic E-state index is -0.843. The van der Waals surface area contributed by atoms with Gasteiger partial charge in [0.25, 0.3) is 0 Å². The van der Waals surface area contributed by atoms with Gasteiger partial charge in [-0.3, -0.25) is 4.79 Å². The summed E-state index contributed by atoms with van der Waals surface area (Å²) in [6.07, 6.45) is 1.56. The molecule has 0 bridgehead atoms. The lowest BCUT2D eigenvalue weighted by atomic mass is 9.93. The van der Waals surface area contributed by atoms with E-state index in [1.54, 1.807) is 6.92 Å². The molecule has 1 aromatic carbocycles. The Hall–Kier alpha value is -1.39. The molecule has 2 rings (SSSR count). The summed E-state index contributed by atoms with van der Waals surface area (Å²) >= 11 is 0. The van der Waals surface area contributed by atoms with E-state index in [1.165, 1.54) is 5.56 Å². The van der Waals surface area contributed by atoms with Crippen LogP contribution in [0, 0.1) is 0 Å². The van der Waals surface area contributed by atoms with Crippen molar-refractivity contribution in [3.05, 3.63) is 35.4 Å². The summed E-state index contributed by atoms with van der Waals surface area (Å²) in [6.45, 7) is 4.72. The summed E-state index contributed by atoms with van der Waals surface area (Å²) in [4.78, 5) is 12.2. The second-order valence-corrected chi connectivity index (χ2v) is 5.40. The molecule has 0 saturated carbocycles. The molecular formula is C15H22N2O2. The fourth-order valence-electron chi connectivity index (χ4n) is 2.24. The van der Waals surface area contributed by atoms with Crippen molar-refractivity contribution in [2.24, 2.45) is 0 Å². The van der Waals surface area contributed by atoms with Crippen LogP contribution in [-0.4, -0.2) is 29.7 Å². The highest BCUT2D eigenvalue weighted by molar-refractivity contribution is 5.84. The molecular weight excluding hydrogens is 240 g/mol. The molecule has 1 aromatic rings. The molecule has 1 aliphatic heterocycles. The van der Waals surface area contributed by atoms with E-state index in [-0.39, 0.29) is 18.5 Å². The monoisotopic (exact) mass is 262 g/mol. The lowest BCUT2D eigenvalue weighted by Crippen LogP contribution is -2.46. The zero-order valence-electron chi connectivity index (χ0n) is 11.6. The van der Waals surface area contributed by atoms with Gasteiger partial charge in [0.2, 0.25) is 5.91 Å². The average Bonchev–Trinajstić information content (AvgIpc) is 2.44. The maximum atomic E-state index is 12.2. The van der Waals surface area contributed by atoms with Crippen LogP contribution in [0.15, 0.2) is 24.3 Å². The van der Waals surface area contributed by atoms with Crippen LogP contribution in [0.3, 0.4) is 0 Å². The summed E-state index contributed by atoms with van der Waals surface area (Å²) in [5, 5.41) is 16.0. The molecule has 4 heteroatoms. The molecule has 0 aliphatic carbocycles. The van der Waals surface area contributed by atoms with E-state index in [9.17, 15) is 9.90 Å². The zero-order valence-corrected chi connectivity index (χ0v) is 11.6. The molecule has 0 fully saturated rings. The Bertz CT molecular complexity index is 457. The number of hydrogen-bond donors (Lipinski definition) is 3. The Morgan fingerprint density at radius 1 is 1.53 bits per heavy atom. The zero-order chi connectivity index (χ0) is 13.9. The normalized spacial score (nSPS) is 21.3. The van der Waals surface area contributed by atoms with Crippen molar-refractivity contribution >= 4 is 5.91 Å². The maximum Gasteiger partial charge on any atom is 0.241 e. The van der Waals surface area contributed by atoms with Crippen molar-refractivity contribution in [3.63, 3.8) is 0 Å². The first-order valence-electron chi connectivity index (χ1n) is 6.85. The number of fused-ring (bicyclic) bond motifs is 1. The van der Waals surface area contributed by atoms with Crippen LogP contribution < -0.4 is 10.6 Å². The van der Waals surface area contributed by atoms with E-state index in [1.807, 2.05) is 25.1 Å². The highest BCUT2D eigenvalue weighted by Gasteiger charge is 2.27. The Labute approximate surface area is 114 Å². The molecule has 2 unspecified atom stereocenters. The van der Waals surface area contributed by atoms with Crippen molar-refractivity contribution in [3.8, 4) is 0 Å². The first-order chi connectivity index (χ1) is 9.03. The van der Waals surface area contributed by atoms with E-state index in [0.717, 1.165) is 18.5 Å². The molecule has 2 atom stereocenters. The van der Waals surface area contributed by atoms with Crippen LogP contribution in [0.25, 0.3) is 0 Å². The Kier molecular flexibility index (Phi) is 4.22. The largest absolute Gasteiger partial charge is 0.388 e. The van der Waals surface area contributed by atoms with E-state index >= 15 is 0 Å². The number of amides is 1. The number of hydrogen-bond acceptors (Lipinski definition) is 3. The Morgan fingerprint density at radius 2 is 2.26 bits per heavy atom. The van der Waals surface area contributed by atoms with Crippen molar-refractivity contribution in [1.82, 2.24) is 10.6 Å². The summed E-state index contributed by atoms with van der Waals surface area (Å²) < 4.78 is 0. The molecule has 1 aliphatic rings. The van der Waals surface area contributed by atoms with Crippen molar-refractivity contribution in [2.45, 2.75) is 38.3 Å². The first-order valence-corrected chi connectivity index (χ1v) is 6.85. The van der Waals surface area contributed by atoms with E-state index in [4.69, 9.17) is 0 Å². The average molecular weight is 262 g/mol. The molecule has 1 heterocycles. The van der Waals surface area contributed by atoms with Crippen LogP contribution in [0.4, 0.5) is 0 Å². The SMILES string of the molecule is CCC(C)(O)CNC(=O)C1NCCc2ccccc21. The molecule has 1 amide bonds. The van der Waals surface area contributed by atoms with Crippen LogP contribution >= 0.6 is 0 Å². The van der Waals surface area contributed by atoms with Gasteiger partial charge in [-0.1, -0.05) is 31.2 Å². The topological polar surface area (TPSA) is 61.4 Å². The van der Waals surface area contributed by atoms with Gasteiger partial charge in [0.15, 0.2) is 0 Å². The molecule has 19 heavy (non-hydrogen) atoms. The quantitative estimate of drug-likeness (QED) is 0.763. The molecule has 0 radical (unpaired) electrons. The molecule has 104 valence electrons. The molecule has 0 saturated heterocycles.